The molecule has 18 heavy (non-hydrogen) atoms. The summed E-state index contributed by atoms with van der Waals surface area (Å²) in [6.07, 6.45) is 3.68. The number of hydrogen-bond acceptors (Lipinski definition) is 3. The minimum absolute atomic E-state index is 0.589. The summed E-state index contributed by atoms with van der Waals surface area (Å²) in [5.41, 5.74) is 1.74. The summed E-state index contributed by atoms with van der Waals surface area (Å²) < 4.78 is 1.83. The SMILES string of the molecule is CCc1nn(C)cc1CN1CCC(C)(C(=O)O)C1. The molecule has 1 aromatic rings. The predicted molar refractivity (Wildman–Crippen MR) is 68.2 cm³/mol. The van der Waals surface area contributed by atoms with Crippen molar-refractivity contribution in [1.29, 1.82) is 0 Å². The quantitative estimate of drug-likeness (QED) is 0.875. The summed E-state index contributed by atoms with van der Waals surface area (Å²) in [7, 11) is 1.92. The average molecular weight is 251 g/mol. The average Bonchev–Trinajstić information content (AvgIpc) is 2.84. The van der Waals surface area contributed by atoms with Crippen LogP contribution in [-0.2, 0) is 24.8 Å². The lowest BCUT2D eigenvalue weighted by molar-refractivity contribution is -0.147. The second kappa shape index (κ2) is 4.72. The number of carbonyl (C=O) groups is 1. The van der Waals surface area contributed by atoms with Crippen molar-refractivity contribution in [3.05, 3.63) is 17.5 Å². The van der Waals surface area contributed by atoms with Crippen LogP contribution in [-0.4, -0.2) is 38.8 Å². The van der Waals surface area contributed by atoms with E-state index in [0.717, 1.165) is 31.6 Å². The Morgan fingerprint density at radius 1 is 1.61 bits per heavy atom. The van der Waals surface area contributed by atoms with Crippen molar-refractivity contribution < 1.29 is 9.90 Å². The van der Waals surface area contributed by atoms with Crippen LogP contribution in [0.15, 0.2) is 6.20 Å². The van der Waals surface area contributed by atoms with Crippen molar-refractivity contribution >= 4 is 5.97 Å². The smallest absolute Gasteiger partial charge is 0.310 e. The molecule has 1 N–H and O–H groups in total. The van der Waals surface area contributed by atoms with Gasteiger partial charge in [-0.05, 0) is 26.3 Å². The molecule has 5 nitrogen and oxygen atoms in total. The highest BCUT2D eigenvalue weighted by Gasteiger charge is 2.40. The normalized spacial score (nSPS) is 24.6. The fourth-order valence-electron chi connectivity index (χ4n) is 2.62. The molecule has 1 unspecified atom stereocenters. The number of aliphatic carboxylic acids is 1. The van der Waals surface area contributed by atoms with Gasteiger partial charge >= 0.3 is 5.97 Å². The Bertz CT molecular complexity index is 455. The zero-order valence-corrected chi connectivity index (χ0v) is 11.3. The fraction of sp³-hybridized carbons (Fsp3) is 0.692. The van der Waals surface area contributed by atoms with Crippen LogP contribution in [0.25, 0.3) is 0 Å². The topological polar surface area (TPSA) is 58.4 Å². The van der Waals surface area contributed by atoms with Gasteiger partial charge in [0.25, 0.3) is 0 Å². The van der Waals surface area contributed by atoms with Crippen molar-refractivity contribution in [3.63, 3.8) is 0 Å². The number of rotatable bonds is 4. The lowest BCUT2D eigenvalue weighted by Crippen LogP contribution is -2.31. The maximum atomic E-state index is 11.2. The zero-order chi connectivity index (χ0) is 13.3. The van der Waals surface area contributed by atoms with E-state index in [1.165, 1.54) is 5.56 Å². The monoisotopic (exact) mass is 251 g/mol. The lowest BCUT2D eigenvalue weighted by atomic mass is 9.90. The Kier molecular flexibility index (Phi) is 3.43. The Balaban J connectivity index is 2.05. The van der Waals surface area contributed by atoms with Crippen LogP contribution in [0, 0.1) is 5.41 Å². The molecule has 0 aliphatic carbocycles. The maximum absolute atomic E-state index is 11.2. The molecule has 1 saturated heterocycles. The van der Waals surface area contributed by atoms with E-state index in [9.17, 15) is 9.90 Å². The van der Waals surface area contributed by atoms with Gasteiger partial charge in [-0.1, -0.05) is 6.92 Å². The van der Waals surface area contributed by atoms with Gasteiger partial charge in [0.1, 0.15) is 0 Å². The standard InChI is InChI=1S/C13H21N3O2/c1-4-11-10(7-15(3)14-11)8-16-6-5-13(2,9-16)12(17)18/h7H,4-6,8-9H2,1-3H3,(H,17,18). The summed E-state index contributed by atoms with van der Waals surface area (Å²) in [6, 6.07) is 0. The molecule has 2 rings (SSSR count). The third-order valence-electron chi connectivity index (χ3n) is 3.79. The number of carboxylic acid groups (broad SMARTS) is 1. The summed E-state index contributed by atoms with van der Waals surface area (Å²) in [5.74, 6) is -0.688. The molecule has 1 atom stereocenters. The summed E-state index contributed by atoms with van der Waals surface area (Å²) in [4.78, 5) is 13.4. The number of carboxylic acids is 1. The molecule has 1 aliphatic heterocycles. The second-order valence-electron chi connectivity index (χ2n) is 5.45. The van der Waals surface area contributed by atoms with Gasteiger partial charge in [0.2, 0.25) is 0 Å². The van der Waals surface area contributed by atoms with E-state index in [2.05, 4.69) is 16.9 Å². The third-order valence-corrected chi connectivity index (χ3v) is 3.79. The molecule has 1 aliphatic rings. The molecule has 0 bridgehead atoms. The third kappa shape index (κ3) is 2.41. The molecular weight excluding hydrogens is 230 g/mol. The van der Waals surface area contributed by atoms with Gasteiger partial charge in [0.05, 0.1) is 11.1 Å². The largest absolute Gasteiger partial charge is 0.481 e. The number of aromatic nitrogens is 2. The highest BCUT2D eigenvalue weighted by Crippen LogP contribution is 2.31. The van der Waals surface area contributed by atoms with Crippen LogP contribution >= 0.6 is 0 Å². The molecule has 5 heteroatoms. The Hall–Kier alpha value is -1.36. The molecule has 1 aromatic heterocycles. The van der Waals surface area contributed by atoms with Gasteiger partial charge in [-0.15, -0.1) is 0 Å². The molecule has 1 fully saturated rings. The molecule has 0 radical (unpaired) electrons. The highest BCUT2D eigenvalue weighted by molar-refractivity contribution is 5.74. The Labute approximate surface area is 107 Å². The molecule has 100 valence electrons. The van der Waals surface area contributed by atoms with Crippen LogP contribution in [0.4, 0.5) is 0 Å². The first-order valence-electron chi connectivity index (χ1n) is 6.42. The molecule has 0 aromatic carbocycles. The second-order valence-corrected chi connectivity index (χ2v) is 5.45. The van der Waals surface area contributed by atoms with Gasteiger partial charge in [-0.25, -0.2) is 0 Å². The van der Waals surface area contributed by atoms with E-state index in [0.29, 0.717) is 6.54 Å². The van der Waals surface area contributed by atoms with Gasteiger partial charge < -0.3 is 5.11 Å². The molecule has 0 amide bonds. The number of likely N-dealkylation sites (tertiary alicyclic amines) is 1. The van der Waals surface area contributed by atoms with Crippen molar-refractivity contribution in [2.24, 2.45) is 12.5 Å². The number of nitrogens with zero attached hydrogens (tertiary/aromatic N) is 3. The highest BCUT2D eigenvalue weighted by atomic mass is 16.4. The van der Waals surface area contributed by atoms with Gasteiger partial charge in [0, 0.05) is 31.9 Å². The van der Waals surface area contributed by atoms with Crippen molar-refractivity contribution in [3.8, 4) is 0 Å². The predicted octanol–water partition coefficient (Wildman–Crippen LogP) is 1.28. The number of hydrogen-bond donors (Lipinski definition) is 1. The minimum Gasteiger partial charge on any atom is -0.481 e. The van der Waals surface area contributed by atoms with Crippen molar-refractivity contribution in [2.45, 2.75) is 33.2 Å². The maximum Gasteiger partial charge on any atom is 0.310 e. The van der Waals surface area contributed by atoms with Gasteiger partial charge in [-0.2, -0.15) is 5.10 Å². The van der Waals surface area contributed by atoms with Crippen LogP contribution < -0.4 is 0 Å². The summed E-state index contributed by atoms with van der Waals surface area (Å²) in [6.45, 7) is 6.21. The van der Waals surface area contributed by atoms with Crippen molar-refractivity contribution in [1.82, 2.24) is 14.7 Å². The van der Waals surface area contributed by atoms with E-state index < -0.39 is 11.4 Å². The Morgan fingerprint density at radius 3 is 2.89 bits per heavy atom. The van der Waals surface area contributed by atoms with E-state index in [1.807, 2.05) is 24.9 Å². The van der Waals surface area contributed by atoms with Crippen LogP contribution in [0.2, 0.25) is 0 Å². The molecule has 0 saturated carbocycles. The summed E-state index contributed by atoms with van der Waals surface area (Å²) in [5, 5.41) is 13.6. The van der Waals surface area contributed by atoms with Crippen LogP contribution in [0.5, 0.6) is 0 Å². The zero-order valence-electron chi connectivity index (χ0n) is 11.3. The van der Waals surface area contributed by atoms with Crippen LogP contribution in [0.1, 0.15) is 31.5 Å². The van der Waals surface area contributed by atoms with Gasteiger partial charge in [0.15, 0.2) is 0 Å². The first-order chi connectivity index (χ1) is 8.44. The van der Waals surface area contributed by atoms with E-state index in [-0.39, 0.29) is 0 Å². The molecular formula is C13H21N3O2. The van der Waals surface area contributed by atoms with Crippen molar-refractivity contribution in [2.75, 3.05) is 13.1 Å². The summed E-state index contributed by atoms with van der Waals surface area (Å²) >= 11 is 0. The molecule has 2 heterocycles. The lowest BCUT2D eigenvalue weighted by Gasteiger charge is -2.19. The van der Waals surface area contributed by atoms with E-state index in [4.69, 9.17) is 0 Å². The van der Waals surface area contributed by atoms with Gasteiger partial charge in [-0.3, -0.25) is 14.4 Å². The van der Waals surface area contributed by atoms with E-state index in [1.54, 1.807) is 0 Å². The van der Waals surface area contributed by atoms with E-state index >= 15 is 0 Å². The Morgan fingerprint density at radius 2 is 2.33 bits per heavy atom. The first kappa shape index (κ1) is 13.1. The number of aryl methyl sites for hydroxylation is 2. The van der Waals surface area contributed by atoms with Crippen LogP contribution in [0.3, 0.4) is 0 Å². The first-order valence-corrected chi connectivity index (χ1v) is 6.42. The fourth-order valence-corrected chi connectivity index (χ4v) is 2.62. The minimum atomic E-state index is -0.688. The molecule has 0 spiro atoms.